The predicted octanol–water partition coefficient (Wildman–Crippen LogP) is 4.44. The van der Waals surface area contributed by atoms with Crippen LogP contribution in [0.2, 0.25) is 0 Å². The Morgan fingerprint density at radius 3 is 2.25 bits per heavy atom. The smallest absolute Gasteiger partial charge is 0.255 e. The third-order valence-corrected chi connectivity index (χ3v) is 9.23. The Hall–Kier alpha value is -5.52. The van der Waals surface area contributed by atoms with Crippen molar-refractivity contribution in [3.05, 3.63) is 114 Å². The highest BCUT2D eigenvalue weighted by Crippen LogP contribution is 2.25. The highest BCUT2D eigenvalue weighted by Gasteiger charge is 2.41. The third kappa shape index (κ3) is 9.62. The number of amides is 4. The molecule has 0 spiro atoms. The van der Waals surface area contributed by atoms with Gasteiger partial charge in [-0.3, -0.25) is 19.2 Å². The summed E-state index contributed by atoms with van der Waals surface area (Å²) in [5.74, 6) is -0.848. The van der Waals surface area contributed by atoms with E-state index in [9.17, 15) is 19.2 Å². The monoisotopic (exact) mass is 709 g/mol. The minimum absolute atomic E-state index is 0. The number of hydrogen-bond acceptors (Lipinski definition) is 7. The fourth-order valence-corrected chi connectivity index (χ4v) is 6.51. The molecule has 5 rings (SSSR count). The SMILES string of the molecule is CC(C)C[C@@H](NC(=O)c1ccccc1OCc1cn(Cc2ccccc2)nn1)C(=O)N1CCC[C@@H]1C(=O)N(C)[C@@H](Cc1ccccc1)C(=O)N(C)C.[HH]. The fourth-order valence-electron chi connectivity index (χ4n) is 6.51. The van der Waals surface area contributed by atoms with Gasteiger partial charge in [-0.2, -0.15) is 0 Å². The van der Waals surface area contributed by atoms with Crippen LogP contribution in [0.5, 0.6) is 5.75 Å². The minimum atomic E-state index is -0.874. The normalized spacial score (nSPS) is 15.2. The first kappa shape index (κ1) is 37.7. The van der Waals surface area contributed by atoms with E-state index in [4.69, 9.17) is 4.74 Å². The highest BCUT2D eigenvalue weighted by atomic mass is 16.5. The summed E-state index contributed by atoms with van der Waals surface area (Å²) < 4.78 is 7.78. The minimum Gasteiger partial charge on any atom is -0.486 e. The van der Waals surface area contributed by atoms with Crippen LogP contribution < -0.4 is 10.1 Å². The number of nitrogens with zero attached hydrogens (tertiary/aromatic N) is 6. The van der Waals surface area contributed by atoms with E-state index in [2.05, 4.69) is 15.6 Å². The maximum absolute atomic E-state index is 14.2. The van der Waals surface area contributed by atoms with Crippen molar-refractivity contribution < 1.29 is 25.3 Å². The predicted molar refractivity (Wildman–Crippen MR) is 199 cm³/mol. The highest BCUT2D eigenvalue weighted by molar-refractivity contribution is 6.00. The molecule has 0 unspecified atom stereocenters. The quantitative estimate of drug-likeness (QED) is 0.193. The van der Waals surface area contributed by atoms with Gasteiger partial charge in [0.2, 0.25) is 17.7 Å². The maximum Gasteiger partial charge on any atom is 0.255 e. The molecule has 276 valence electrons. The number of likely N-dealkylation sites (N-methyl/N-ethyl adjacent to an activating group) is 2. The number of nitrogens with one attached hydrogen (secondary N) is 1. The largest absolute Gasteiger partial charge is 0.486 e. The van der Waals surface area contributed by atoms with E-state index in [1.54, 1.807) is 61.2 Å². The lowest BCUT2D eigenvalue weighted by Gasteiger charge is -2.35. The summed E-state index contributed by atoms with van der Waals surface area (Å²) in [5.41, 5.74) is 2.91. The van der Waals surface area contributed by atoms with Crippen molar-refractivity contribution in [2.75, 3.05) is 27.7 Å². The summed E-state index contributed by atoms with van der Waals surface area (Å²) in [6.07, 6.45) is 3.63. The van der Waals surface area contributed by atoms with Crippen molar-refractivity contribution in [2.45, 2.75) is 70.8 Å². The van der Waals surface area contributed by atoms with E-state index in [1.807, 2.05) is 74.5 Å². The molecular formula is C40H51N7O5. The lowest BCUT2D eigenvalue weighted by molar-refractivity contribution is -0.149. The zero-order valence-electron chi connectivity index (χ0n) is 30.6. The van der Waals surface area contributed by atoms with Crippen LogP contribution in [-0.4, -0.2) is 99.1 Å². The molecule has 0 saturated carbocycles. The lowest BCUT2D eigenvalue weighted by Crippen LogP contribution is -2.57. The third-order valence-electron chi connectivity index (χ3n) is 9.23. The van der Waals surface area contributed by atoms with Crippen LogP contribution in [0.25, 0.3) is 0 Å². The molecule has 1 saturated heterocycles. The van der Waals surface area contributed by atoms with Crippen LogP contribution in [0.15, 0.2) is 91.1 Å². The average Bonchev–Trinajstić information content (AvgIpc) is 3.82. The van der Waals surface area contributed by atoms with Crippen LogP contribution in [0.4, 0.5) is 0 Å². The molecule has 1 aromatic heterocycles. The first-order chi connectivity index (χ1) is 25.0. The van der Waals surface area contributed by atoms with Gasteiger partial charge in [0, 0.05) is 35.5 Å². The zero-order valence-corrected chi connectivity index (χ0v) is 30.6. The standard InChI is InChI=1S/C40H49N7O5.H2/c1-28(2)23-33(38(49)47-22-14-20-34(47)40(51)45(5)35(39(50)44(3)4)24-29-15-8-6-9-16-29)41-37(48)32-19-12-13-21-36(32)52-27-31-26-46(43-42-31)25-30-17-10-7-11-18-30;/h6-13,15-19,21,26,28,33-35H,14,20,22-25,27H2,1-5H3,(H,41,48);1H/t33-,34-,35+;/m1./s1. The summed E-state index contributed by atoms with van der Waals surface area (Å²) in [7, 11) is 4.97. The number of carbonyl (C=O) groups is 4. The Morgan fingerprint density at radius 2 is 1.58 bits per heavy atom. The van der Waals surface area contributed by atoms with E-state index < -0.39 is 24.0 Å². The van der Waals surface area contributed by atoms with Gasteiger partial charge in [0.1, 0.15) is 36.2 Å². The first-order valence-electron chi connectivity index (χ1n) is 17.8. The number of para-hydroxylation sites is 1. The molecule has 3 atom stereocenters. The Balaban J connectivity index is 0.00000627. The molecule has 1 fully saturated rings. The van der Waals surface area contributed by atoms with E-state index in [1.165, 1.54) is 9.80 Å². The molecule has 2 heterocycles. The Labute approximate surface area is 307 Å². The maximum atomic E-state index is 14.2. The summed E-state index contributed by atoms with van der Waals surface area (Å²) in [6, 6.07) is 24.0. The van der Waals surface area contributed by atoms with Crippen molar-refractivity contribution in [1.29, 1.82) is 0 Å². The van der Waals surface area contributed by atoms with Crippen molar-refractivity contribution in [2.24, 2.45) is 5.92 Å². The second-order valence-corrected chi connectivity index (χ2v) is 13.9. The second kappa shape index (κ2) is 17.6. The van der Waals surface area contributed by atoms with E-state index in [-0.39, 0.29) is 37.2 Å². The Kier molecular flexibility index (Phi) is 12.8. The van der Waals surface area contributed by atoms with E-state index >= 15 is 0 Å². The zero-order chi connectivity index (χ0) is 37.2. The summed E-state index contributed by atoms with van der Waals surface area (Å²) in [6.45, 7) is 5.01. The average molecular weight is 710 g/mol. The summed E-state index contributed by atoms with van der Waals surface area (Å²) in [4.78, 5) is 60.0. The molecule has 12 nitrogen and oxygen atoms in total. The molecule has 3 aromatic carbocycles. The van der Waals surface area contributed by atoms with Crippen molar-refractivity contribution in [1.82, 2.24) is 35.0 Å². The molecule has 1 aliphatic rings. The fraction of sp³-hybridized carbons (Fsp3) is 0.400. The number of ether oxygens (including phenoxy) is 1. The van der Waals surface area contributed by atoms with Gasteiger partial charge >= 0.3 is 0 Å². The molecular weight excluding hydrogens is 658 g/mol. The van der Waals surface area contributed by atoms with Gasteiger partial charge in [-0.1, -0.05) is 91.9 Å². The van der Waals surface area contributed by atoms with Crippen LogP contribution in [0, 0.1) is 5.92 Å². The first-order valence-corrected chi connectivity index (χ1v) is 17.8. The van der Waals surface area contributed by atoms with Crippen molar-refractivity contribution in [3.63, 3.8) is 0 Å². The van der Waals surface area contributed by atoms with Crippen LogP contribution in [0.3, 0.4) is 0 Å². The summed E-state index contributed by atoms with van der Waals surface area (Å²) in [5, 5.41) is 11.4. The van der Waals surface area contributed by atoms with E-state index in [0.29, 0.717) is 50.2 Å². The molecule has 12 heteroatoms. The molecule has 4 amide bonds. The molecule has 0 radical (unpaired) electrons. The number of aromatic nitrogens is 3. The van der Waals surface area contributed by atoms with Gasteiger partial charge in [-0.15, -0.1) is 5.10 Å². The molecule has 52 heavy (non-hydrogen) atoms. The molecule has 1 N–H and O–H groups in total. The van der Waals surface area contributed by atoms with Crippen LogP contribution in [0.1, 0.15) is 61.7 Å². The van der Waals surface area contributed by atoms with Crippen LogP contribution in [-0.2, 0) is 34.0 Å². The van der Waals surface area contributed by atoms with Gasteiger partial charge < -0.3 is 24.8 Å². The molecule has 4 aromatic rings. The Bertz CT molecular complexity index is 1820. The van der Waals surface area contributed by atoms with E-state index in [0.717, 1.165) is 11.1 Å². The molecule has 0 bridgehead atoms. The van der Waals surface area contributed by atoms with Gasteiger partial charge in [0.25, 0.3) is 5.91 Å². The number of carbonyl (C=O) groups excluding carboxylic acids is 4. The van der Waals surface area contributed by atoms with Crippen molar-refractivity contribution >= 4 is 23.6 Å². The summed E-state index contributed by atoms with van der Waals surface area (Å²) >= 11 is 0. The van der Waals surface area contributed by atoms with Gasteiger partial charge in [0.15, 0.2) is 0 Å². The lowest BCUT2D eigenvalue weighted by atomic mass is 10.0. The number of hydrogen-bond donors (Lipinski definition) is 1. The van der Waals surface area contributed by atoms with Gasteiger partial charge in [0.05, 0.1) is 18.3 Å². The molecule has 1 aliphatic heterocycles. The molecule has 0 aliphatic carbocycles. The van der Waals surface area contributed by atoms with Crippen molar-refractivity contribution in [3.8, 4) is 5.75 Å². The Morgan fingerprint density at radius 1 is 0.923 bits per heavy atom. The number of likely N-dealkylation sites (tertiary alicyclic amines) is 1. The number of rotatable bonds is 15. The van der Waals surface area contributed by atoms with Gasteiger partial charge in [-0.25, -0.2) is 4.68 Å². The topological polar surface area (TPSA) is 130 Å². The second-order valence-electron chi connectivity index (χ2n) is 13.9. The van der Waals surface area contributed by atoms with Gasteiger partial charge in [-0.05, 0) is 48.4 Å². The van der Waals surface area contributed by atoms with Crippen LogP contribution >= 0.6 is 0 Å². The number of benzene rings is 3.